The van der Waals surface area contributed by atoms with Crippen LogP contribution in [0.4, 0.5) is 0 Å². The van der Waals surface area contributed by atoms with Crippen molar-refractivity contribution < 1.29 is 9.53 Å². The maximum atomic E-state index is 11.8. The van der Waals surface area contributed by atoms with E-state index in [9.17, 15) is 4.79 Å². The van der Waals surface area contributed by atoms with Crippen LogP contribution in [-0.4, -0.2) is 43.2 Å². The van der Waals surface area contributed by atoms with Gasteiger partial charge in [-0.15, -0.1) is 0 Å². The summed E-state index contributed by atoms with van der Waals surface area (Å²) in [6, 6.07) is -0.311. The molecule has 1 rings (SSSR count). The molecule has 1 saturated heterocycles. The number of carbonyl (C=O) groups excluding carboxylic acids is 1. The minimum Gasteiger partial charge on any atom is -0.381 e. The lowest BCUT2D eigenvalue weighted by atomic mass is 10.1. The molecule has 0 bridgehead atoms. The first kappa shape index (κ1) is 12.5. The highest BCUT2D eigenvalue weighted by Crippen LogP contribution is 2.14. The fraction of sp³-hybridized carbons (Fsp3) is 0.909. The fourth-order valence-corrected chi connectivity index (χ4v) is 1.98. The SMILES string of the molecule is CCCC(N)C(=O)N1CCC(OC)CC1. The molecule has 4 nitrogen and oxygen atoms in total. The molecule has 0 aromatic carbocycles. The number of piperidine rings is 1. The van der Waals surface area contributed by atoms with Crippen LogP contribution in [0.2, 0.25) is 0 Å². The molecule has 88 valence electrons. The van der Waals surface area contributed by atoms with E-state index in [0.717, 1.165) is 38.8 Å². The number of hydrogen-bond donors (Lipinski definition) is 1. The quantitative estimate of drug-likeness (QED) is 0.751. The number of carbonyl (C=O) groups is 1. The lowest BCUT2D eigenvalue weighted by Gasteiger charge is -2.32. The number of nitrogens with zero attached hydrogens (tertiary/aromatic N) is 1. The number of likely N-dealkylation sites (tertiary alicyclic amines) is 1. The predicted octanol–water partition coefficient (Wildman–Crippen LogP) is 0.751. The lowest BCUT2D eigenvalue weighted by Crippen LogP contribution is -2.48. The van der Waals surface area contributed by atoms with Crippen molar-refractivity contribution >= 4 is 5.91 Å². The minimum atomic E-state index is -0.311. The van der Waals surface area contributed by atoms with Gasteiger partial charge in [-0.1, -0.05) is 13.3 Å². The van der Waals surface area contributed by atoms with Gasteiger partial charge in [-0.2, -0.15) is 0 Å². The molecule has 0 radical (unpaired) electrons. The molecule has 0 aliphatic carbocycles. The zero-order valence-electron chi connectivity index (χ0n) is 9.74. The van der Waals surface area contributed by atoms with Crippen LogP contribution in [0.1, 0.15) is 32.6 Å². The van der Waals surface area contributed by atoms with Crippen molar-refractivity contribution in [3.63, 3.8) is 0 Å². The van der Waals surface area contributed by atoms with Gasteiger partial charge in [0.25, 0.3) is 0 Å². The molecule has 1 fully saturated rings. The molecule has 0 saturated carbocycles. The Morgan fingerprint density at radius 2 is 2.13 bits per heavy atom. The molecule has 0 aromatic heterocycles. The molecule has 1 amide bonds. The van der Waals surface area contributed by atoms with Crippen molar-refractivity contribution in [3.8, 4) is 0 Å². The molecule has 1 unspecified atom stereocenters. The lowest BCUT2D eigenvalue weighted by molar-refractivity contribution is -0.135. The Bertz CT molecular complexity index is 201. The topological polar surface area (TPSA) is 55.6 Å². The van der Waals surface area contributed by atoms with Crippen LogP contribution < -0.4 is 5.73 Å². The van der Waals surface area contributed by atoms with Crippen LogP contribution in [0.25, 0.3) is 0 Å². The second kappa shape index (κ2) is 6.08. The molecular weight excluding hydrogens is 192 g/mol. The van der Waals surface area contributed by atoms with E-state index in [2.05, 4.69) is 0 Å². The number of ether oxygens (including phenoxy) is 1. The summed E-state index contributed by atoms with van der Waals surface area (Å²) in [5.41, 5.74) is 5.80. The van der Waals surface area contributed by atoms with Crippen molar-refractivity contribution in [2.24, 2.45) is 5.73 Å². The number of amides is 1. The van der Waals surface area contributed by atoms with E-state index < -0.39 is 0 Å². The van der Waals surface area contributed by atoms with E-state index in [-0.39, 0.29) is 11.9 Å². The molecule has 2 N–H and O–H groups in total. The van der Waals surface area contributed by atoms with Crippen LogP contribution in [0, 0.1) is 0 Å². The second-order valence-corrected chi connectivity index (χ2v) is 4.16. The van der Waals surface area contributed by atoms with E-state index in [0.29, 0.717) is 6.10 Å². The molecule has 0 spiro atoms. The van der Waals surface area contributed by atoms with E-state index in [1.165, 1.54) is 0 Å². The Hall–Kier alpha value is -0.610. The van der Waals surface area contributed by atoms with E-state index >= 15 is 0 Å². The van der Waals surface area contributed by atoms with Gasteiger partial charge >= 0.3 is 0 Å². The molecule has 0 aromatic rings. The standard InChI is InChI=1S/C11H22N2O2/c1-3-4-10(12)11(14)13-7-5-9(15-2)6-8-13/h9-10H,3-8,12H2,1-2H3. The molecule has 1 atom stereocenters. The van der Waals surface area contributed by atoms with Crippen LogP contribution in [0.15, 0.2) is 0 Å². The molecule has 1 aliphatic heterocycles. The van der Waals surface area contributed by atoms with Crippen molar-refractivity contribution in [1.82, 2.24) is 4.90 Å². The van der Waals surface area contributed by atoms with Gasteiger partial charge < -0.3 is 15.4 Å². The van der Waals surface area contributed by atoms with E-state index in [4.69, 9.17) is 10.5 Å². The van der Waals surface area contributed by atoms with E-state index in [1.54, 1.807) is 7.11 Å². The Morgan fingerprint density at radius 3 is 2.60 bits per heavy atom. The monoisotopic (exact) mass is 214 g/mol. The first-order valence-electron chi connectivity index (χ1n) is 5.76. The molecule has 4 heteroatoms. The van der Waals surface area contributed by atoms with Crippen molar-refractivity contribution in [2.75, 3.05) is 20.2 Å². The number of methoxy groups -OCH3 is 1. The van der Waals surface area contributed by atoms with Gasteiger partial charge in [-0.3, -0.25) is 4.79 Å². The first-order chi connectivity index (χ1) is 7.19. The smallest absolute Gasteiger partial charge is 0.239 e. The highest BCUT2D eigenvalue weighted by atomic mass is 16.5. The van der Waals surface area contributed by atoms with Gasteiger partial charge in [-0.05, 0) is 19.3 Å². The van der Waals surface area contributed by atoms with Gasteiger partial charge in [0.15, 0.2) is 0 Å². The van der Waals surface area contributed by atoms with E-state index in [1.807, 2.05) is 11.8 Å². The van der Waals surface area contributed by atoms with Crippen molar-refractivity contribution in [3.05, 3.63) is 0 Å². The molecule has 15 heavy (non-hydrogen) atoms. The summed E-state index contributed by atoms with van der Waals surface area (Å²) < 4.78 is 5.26. The predicted molar refractivity (Wildman–Crippen MR) is 59.5 cm³/mol. The maximum absolute atomic E-state index is 11.8. The van der Waals surface area contributed by atoms with Crippen LogP contribution in [0.3, 0.4) is 0 Å². The third-order valence-electron chi connectivity index (χ3n) is 3.00. The summed E-state index contributed by atoms with van der Waals surface area (Å²) in [7, 11) is 1.73. The summed E-state index contributed by atoms with van der Waals surface area (Å²) in [6.45, 7) is 3.62. The number of nitrogens with two attached hydrogens (primary N) is 1. The first-order valence-corrected chi connectivity index (χ1v) is 5.76. The van der Waals surface area contributed by atoms with Crippen molar-refractivity contribution in [1.29, 1.82) is 0 Å². The number of rotatable bonds is 4. The Balaban J connectivity index is 2.35. The van der Waals surface area contributed by atoms with Gasteiger partial charge in [0.2, 0.25) is 5.91 Å². The molecular formula is C11H22N2O2. The highest BCUT2D eigenvalue weighted by molar-refractivity contribution is 5.81. The zero-order valence-corrected chi connectivity index (χ0v) is 9.74. The summed E-state index contributed by atoms with van der Waals surface area (Å²) in [4.78, 5) is 13.7. The van der Waals surface area contributed by atoms with Crippen LogP contribution in [0.5, 0.6) is 0 Å². The van der Waals surface area contributed by atoms with Crippen LogP contribution >= 0.6 is 0 Å². The van der Waals surface area contributed by atoms with Crippen molar-refractivity contribution in [2.45, 2.75) is 44.8 Å². The third kappa shape index (κ3) is 3.47. The summed E-state index contributed by atoms with van der Waals surface area (Å²) in [5, 5.41) is 0. The average Bonchev–Trinajstić information content (AvgIpc) is 2.28. The van der Waals surface area contributed by atoms with Gasteiger partial charge in [0.1, 0.15) is 0 Å². The van der Waals surface area contributed by atoms with Gasteiger partial charge in [0.05, 0.1) is 12.1 Å². The summed E-state index contributed by atoms with van der Waals surface area (Å²) in [5.74, 6) is 0.103. The minimum absolute atomic E-state index is 0.103. The third-order valence-corrected chi connectivity index (χ3v) is 3.00. The summed E-state index contributed by atoms with van der Waals surface area (Å²) >= 11 is 0. The van der Waals surface area contributed by atoms with Gasteiger partial charge in [-0.25, -0.2) is 0 Å². The van der Waals surface area contributed by atoms with Crippen LogP contribution in [-0.2, 0) is 9.53 Å². The normalized spacial score (nSPS) is 20.3. The molecule has 1 heterocycles. The zero-order chi connectivity index (χ0) is 11.3. The summed E-state index contributed by atoms with van der Waals surface area (Å²) in [6.07, 6.45) is 3.92. The Labute approximate surface area is 91.8 Å². The Kier molecular flexibility index (Phi) is 5.05. The second-order valence-electron chi connectivity index (χ2n) is 4.16. The van der Waals surface area contributed by atoms with Gasteiger partial charge in [0, 0.05) is 20.2 Å². The maximum Gasteiger partial charge on any atom is 0.239 e. The largest absolute Gasteiger partial charge is 0.381 e. The highest BCUT2D eigenvalue weighted by Gasteiger charge is 2.25. The molecule has 1 aliphatic rings. The average molecular weight is 214 g/mol. The Morgan fingerprint density at radius 1 is 1.53 bits per heavy atom. The number of hydrogen-bond acceptors (Lipinski definition) is 3. The fourth-order valence-electron chi connectivity index (χ4n) is 1.98.